The van der Waals surface area contributed by atoms with Crippen LogP contribution in [0.1, 0.15) is 24.4 Å². The molecule has 0 fully saturated rings. The van der Waals surface area contributed by atoms with Gasteiger partial charge >= 0.3 is 0 Å². The topological polar surface area (TPSA) is 71.3 Å². The van der Waals surface area contributed by atoms with Crippen molar-refractivity contribution in [1.29, 1.82) is 0 Å². The van der Waals surface area contributed by atoms with Crippen LogP contribution in [0.25, 0.3) is 0 Å². The highest BCUT2D eigenvalue weighted by atomic mass is 79.9. The lowest BCUT2D eigenvalue weighted by Gasteiger charge is -2.21. The molecule has 0 saturated carbocycles. The van der Waals surface area contributed by atoms with Crippen molar-refractivity contribution in [1.82, 2.24) is 5.32 Å². The Kier molecular flexibility index (Phi) is 5.38. The van der Waals surface area contributed by atoms with Gasteiger partial charge in [0.1, 0.15) is 6.04 Å². The fourth-order valence-electron chi connectivity index (χ4n) is 1.91. The number of carbonyl (C=O) groups excluding carboxylic acids is 2. The zero-order chi connectivity index (χ0) is 16.1. The molecule has 2 aromatic rings. The van der Waals surface area contributed by atoms with E-state index in [0.717, 1.165) is 4.47 Å². The van der Waals surface area contributed by atoms with Crippen molar-refractivity contribution in [3.8, 4) is 0 Å². The summed E-state index contributed by atoms with van der Waals surface area (Å²) in [5.74, 6) is -0.552. The second-order valence-electron chi connectivity index (χ2n) is 5.17. The maximum atomic E-state index is 12.4. The van der Waals surface area contributed by atoms with E-state index in [1.165, 1.54) is 6.26 Å². The highest BCUT2D eigenvalue weighted by Crippen LogP contribution is 2.15. The standard InChI is InChI=1S/C16H17BrN2O3/c1-10(2)14(19-15(20)13-4-3-9-22-13)16(21)18-12-7-5-11(17)6-8-12/h3-10,14H,1-2H3,(H,18,21)(H,19,20)/t14-/m0/s1. The summed E-state index contributed by atoms with van der Waals surface area (Å²) in [5, 5.41) is 5.49. The van der Waals surface area contributed by atoms with Crippen LogP contribution in [0.2, 0.25) is 0 Å². The summed E-state index contributed by atoms with van der Waals surface area (Å²) in [6.07, 6.45) is 1.42. The monoisotopic (exact) mass is 364 g/mol. The van der Waals surface area contributed by atoms with Crippen LogP contribution in [-0.2, 0) is 4.79 Å². The summed E-state index contributed by atoms with van der Waals surface area (Å²) < 4.78 is 5.97. The highest BCUT2D eigenvalue weighted by Gasteiger charge is 2.25. The molecule has 116 valence electrons. The first-order chi connectivity index (χ1) is 10.5. The molecule has 0 aliphatic carbocycles. The summed E-state index contributed by atoms with van der Waals surface area (Å²) in [6.45, 7) is 3.74. The Morgan fingerprint density at radius 3 is 2.36 bits per heavy atom. The van der Waals surface area contributed by atoms with Gasteiger partial charge in [-0.3, -0.25) is 9.59 Å². The molecule has 1 aromatic heterocycles. The summed E-state index contributed by atoms with van der Waals surface area (Å²) in [7, 11) is 0. The second kappa shape index (κ2) is 7.26. The molecule has 0 saturated heterocycles. The Hall–Kier alpha value is -2.08. The van der Waals surface area contributed by atoms with Crippen molar-refractivity contribution in [2.24, 2.45) is 5.92 Å². The second-order valence-corrected chi connectivity index (χ2v) is 6.08. The molecular formula is C16H17BrN2O3. The predicted octanol–water partition coefficient (Wildman–Crippen LogP) is 3.44. The van der Waals surface area contributed by atoms with Gasteiger partial charge in [0.15, 0.2) is 5.76 Å². The third-order valence-electron chi connectivity index (χ3n) is 3.09. The average molecular weight is 365 g/mol. The minimum Gasteiger partial charge on any atom is -0.459 e. The molecule has 1 heterocycles. The Morgan fingerprint density at radius 2 is 1.82 bits per heavy atom. The van der Waals surface area contributed by atoms with E-state index in [9.17, 15) is 9.59 Å². The van der Waals surface area contributed by atoms with Gasteiger partial charge in [-0.2, -0.15) is 0 Å². The first-order valence-electron chi connectivity index (χ1n) is 6.88. The van der Waals surface area contributed by atoms with Crippen LogP contribution in [0.3, 0.4) is 0 Å². The fourth-order valence-corrected chi connectivity index (χ4v) is 2.17. The Balaban J connectivity index is 2.05. The zero-order valence-corrected chi connectivity index (χ0v) is 13.9. The lowest BCUT2D eigenvalue weighted by molar-refractivity contribution is -0.118. The van der Waals surface area contributed by atoms with E-state index in [1.807, 2.05) is 26.0 Å². The van der Waals surface area contributed by atoms with Crippen LogP contribution in [0.15, 0.2) is 51.6 Å². The number of anilines is 1. The molecule has 1 aromatic carbocycles. The van der Waals surface area contributed by atoms with Gasteiger partial charge in [-0.05, 0) is 42.3 Å². The molecule has 0 radical (unpaired) electrons. The number of halogens is 1. The number of nitrogens with one attached hydrogen (secondary N) is 2. The average Bonchev–Trinajstić information content (AvgIpc) is 3.00. The van der Waals surface area contributed by atoms with Crippen LogP contribution < -0.4 is 10.6 Å². The van der Waals surface area contributed by atoms with E-state index in [1.54, 1.807) is 24.3 Å². The molecule has 0 spiro atoms. The van der Waals surface area contributed by atoms with E-state index in [4.69, 9.17) is 4.42 Å². The first kappa shape index (κ1) is 16.3. The molecule has 0 aliphatic rings. The van der Waals surface area contributed by atoms with Crippen LogP contribution in [-0.4, -0.2) is 17.9 Å². The maximum absolute atomic E-state index is 12.4. The van der Waals surface area contributed by atoms with Crippen molar-refractivity contribution in [2.75, 3.05) is 5.32 Å². The van der Waals surface area contributed by atoms with Crippen molar-refractivity contribution >= 4 is 33.4 Å². The third kappa shape index (κ3) is 4.21. The number of hydrogen-bond acceptors (Lipinski definition) is 3. The Bertz CT molecular complexity index is 636. The maximum Gasteiger partial charge on any atom is 0.287 e. The summed E-state index contributed by atoms with van der Waals surface area (Å²) >= 11 is 3.34. The first-order valence-corrected chi connectivity index (χ1v) is 7.67. The highest BCUT2D eigenvalue weighted by molar-refractivity contribution is 9.10. The minimum atomic E-state index is -0.652. The molecule has 2 rings (SSSR count). The Labute approximate surface area is 137 Å². The minimum absolute atomic E-state index is 0.0608. The van der Waals surface area contributed by atoms with Gasteiger partial charge in [0, 0.05) is 10.2 Å². The van der Waals surface area contributed by atoms with E-state index in [2.05, 4.69) is 26.6 Å². The van der Waals surface area contributed by atoms with E-state index >= 15 is 0 Å². The lowest BCUT2D eigenvalue weighted by atomic mass is 10.0. The molecule has 5 nitrogen and oxygen atoms in total. The van der Waals surface area contributed by atoms with Crippen LogP contribution >= 0.6 is 15.9 Å². The number of amides is 2. The van der Waals surface area contributed by atoms with Gasteiger partial charge in [-0.15, -0.1) is 0 Å². The third-order valence-corrected chi connectivity index (χ3v) is 3.62. The van der Waals surface area contributed by atoms with Crippen molar-refractivity contribution in [3.05, 3.63) is 52.9 Å². The smallest absolute Gasteiger partial charge is 0.287 e. The van der Waals surface area contributed by atoms with E-state index in [0.29, 0.717) is 5.69 Å². The molecule has 0 bridgehead atoms. The van der Waals surface area contributed by atoms with Crippen molar-refractivity contribution in [2.45, 2.75) is 19.9 Å². The van der Waals surface area contributed by atoms with Crippen molar-refractivity contribution in [3.63, 3.8) is 0 Å². The number of carbonyl (C=O) groups is 2. The van der Waals surface area contributed by atoms with Gasteiger partial charge in [-0.1, -0.05) is 29.8 Å². The largest absolute Gasteiger partial charge is 0.459 e. The molecule has 1 atom stereocenters. The normalized spacial score (nSPS) is 12.0. The number of benzene rings is 1. The lowest BCUT2D eigenvalue weighted by Crippen LogP contribution is -2.47. The molecule has 0 unspecified atom stereocenters. The molecular weight excluding hydrogens is 348 g/mol. The molecule has 22 heavy (non-hydrogen) atoms. The fraction of sp³-hybridized carbons (Fsp3) is 0.250. The molecule has 2 amide bonds. The van der Waals surface area contributed by atoms with Crippen LogP contribution in [0.4, 0.5) is 5.69 Å². The van der Waals surface area contributed by atoms with Gasteiger partial charge in [-0.25, -0.2) is 0 Å². The molecule has 2 N–H and O–H groups in total. The summed E-state index contributed by atoms with van der Waals surface area (Å²) in [4.78, 5) is 24.4. The quantitative estimate of drug-likeness (QED) is 0.853. The number of rotatable bonds is 5. The zero-order valence-electron chi connectivity index (χ0n) is 12.3. The van der Waals surface area contributed by atoms with Crippen LogP contribution in [0, 0.1) is 5.92 Å². The Morgan fingerprint density at radius 1 is 1.14 bits per heavy atom. The number of hydrogen-bond donors (Lipinski definition) is 2. The van der Waals surface area contributed by atoms with Crippen LogP contribution in [0.5, 0.6) is 0 Å². The van der Waals surface area contributed by atoms with Gasteiger partial charge in [0.25, 0.3) is 5.91 Å². The van der Waals surface area contributed by atoms with E-state index in [-0.39, 0.29) is 17.6 Å². The van der Waals surface area contributed by atoms with E-state index < -0.39 is 11.9 Å². The van der Waals surface area contributed by atoms with Crippen molar-refractivity contribution < 1.29 is 14.0 Å². The predicted molar refractivity (Wildman–Crippen MR) is 87.6 cm³/mol. The van der Waals surface area contributed by atoms with Gasteiger partial charge in [0.2, 0.25) is 5.91 Å². The van der Waals surface area contributed by atoms with Gasteiger partial charge < -0.3 is 15.1 Å². The molecule has 6 heteroatoms. The van der Waals surface area contributed by atoms with Gasteiger partial charge in [0.05, 0.1) is 6.26 Å². The number of furan rings is 1. The SMILES string of the molecule is CC(C)[C@H](NC(=O)c1ccco1)C(=O)Nc1ccc(Br)cc1. The summed E-state index contributed by atoms with van der Waals surface area (Å²) in [5.41, 5.74) is 0.672. The molecule has 0 aliphatic heterocycles. The summed E-state index contributed by atoms with van der Waals surface area (Å²) in [6, 6.07) is 9.77.